The first-order chi connectivity index (χ1) is 8.91. The Morgan fingerprint density at radius 2 is 0.842 bits per heavy atom. The molecule has 0 fully saturated rings. The summed E-state index contributed by atoms with van der Waals surface area (Å²) in [5.41, 5.74) is 0. The van der Waals surface area contributed by atoms with Crippen LogP contribution >= 0.6 is 0 Å². The molecule has 0 aromatic carbocycles. The van der Waals surface area contributed by atoms with Crippen LogP contribution < -0.4 is 0 Å². The van der Waals surface area contributed by atoms with Gasteiger partial charge < -0.3 is 44.1 Å². The van der Waals surface area contributed by atoms with Gasteiger partial charge in [0.1, 0.15) is 0 Å². The van der Waals surface area contributed by atoms with Crippen molar-refractivity contribution in [1.29, 1.82) is 0 Å². The molecule has 110 valence electrons. The van der Waals surface area contributed by atoms with Crippen molar-refractivity contribution in [3.63, 3.8) is 0 Å². The zero-order chi connectivity index (χ0) is 14.7. The molecule has 10 nitrogen and oxygen atoms in total. The third kappa shape index (κ3) is 14.0. The zero-order valence-electron chi connectivity index (χ0n) is 10.3. The Balaban J connectivity index is 3.85. The third-order valence-electron chi connectivity index (χ3n) is 2.02. The molecule has 0 heterocycles. The molecule has 13 heteroatoms. The Morgan fingerprint density at radius 3 is 1.05 bits per heavy atom. The van der Waals surface area contributed by atoms with E-state index in [1.165, 1.54) is 0 Å². The van der Waals surface area contributed by atoms with Crippen molar-refractivity contribution in [2.75, 3.05) is 39.5 Å². The highest BCUT2D eigenvalue weighted by atomic mass is 16.6. The summed E-state index contributed by atoms with van der Waals surface area (Å²) in [7, 11) is -5.60. The summed E-state index contributed by atoms with van der Waals surface area (Å²) in [6.45, 7) is 0.900. The second kappa shape index (κ2) is 11.6. The lowest BCUT2D eigenvalue weighted by Gasteiger charge is -2.22. The number of nitrogens with zero attached hydrogens (tertiary/aromatic N) is 1. The van der Waals surface area contributed by atoms with E-state index in [1.54, 1.807) is 4.90 Å². The molecule has 0 saturated carbocycles. The fourth-order valence-corrected chi connectivity index (χ4v) is 1.20. The normalized spacial score (nSPS) is 10.9. The van der Waals surface area contributed by atoms with E-state index in [4.69, 9.17) is 30.1 Å². The van der Waals surface area contributed by atoms with E-state index < -0.39 is 22.0 Å². The quantitative estimate of drug-likeness (QED) is 0.192. The van der Waals surface area contributed by atoms with Crippen molar-refractivity contribution in [3.8, 4) is 0 Å². The summed E-state index contributed by atoms with van der Waals surface area (Å²) in [5.74, 6) is 0. The minimum Gasteiger partial charge on any atom is -0.402 e. The molecular formula is C6H18B3NO9. The van der Waals surface area contributed by atoms with E-state index in [-0.39, 0.29) is 39.5 Å². The summed E-state index contributed by atoms with van der Waals surface area (Å²) in [4.78, 5) is 1.67. The molecule has 0 aliphatic carbocycles. The van der Waals surface area contributed by atoms with Gasteiger partial charge in [-0.3, -0.25) is 4.90 Å². The fourth-order valence-electron chi connectivity index (χ4n) is 1.20. The smallest absolute Gasteiger partial charge is 0.402 e. The van der Waals surface area contributed by atoms with Gasteiger partial charge in [0.25, 0.3) is 0 Å². The molecule has 19 heavy (non-hydrogen) atoms. The molecule has 0 unspecified atom stereocenters. The molecule has 0 bridgehead atoms. The molecule has 0 spiro atoms. The lowest BCUT2D eigenvalue weighted by Crippen LogP contribution is -2.37. The van der Waals surface area contributed by atoms with E-state index >= 15 is 0 Å². The summed E-state index contributed by atoms with van der Waals surface area (Å²) < 4.78 is 13.6. The van der Waals surface area contributed by atoms with Gasteiger partial charge in [-0.25, -0.2) is 0 Å². The topological polar surface area (TPSA) is 152 Å². The van der Waals surface area contributed by atoms with Gasteiger partial charge in [0.2, 0.25) is 0 Å². The highest BCUT2D eigenvalue weighted by Gasteiger charge is 2.14. The highest BCUT2D eigenvalue weighted by molar-refractivity contribution is 6.33. The van der Waals surface area contributed by atoms with Crippen molar-refractivity contribution in [1.82, 2.24) is 4.90 Å². The highest BCUT2D eigenvalue weighted by Crippen LogP contribution is 1.92. The van der Waals surface area contributed by atoms with Gasteiger partial charge in [-0.15, -0.1) is 0 Å². The van der Waals surface area contributed by atoms with E-state index in [9.17, 15) is 0 Å². The van der Waals surface area contributed by atoms with Gasteiger partial charge in [-0.05, 0) is 0 Å². The zero-order valence-corrected chi connectivity index (χ0v) is 10.3. The summed E-state index contributed by atoms with van der Waals surface area (Å²) >= 11 is 0. The lowest BCUT2D eigenvalue weighted by molar-refractivity contribution is 0.104. The van der Waals surface area contributed by atoms with Crippen LogP contribution in [-0.2, 0) is 14.0 Å². The molecule has 0 aromatic heterocycles. The SMILES string of the molecule is OB(O)OCCN(CCOB(O)O)CCOB(O)O. The van der Waals surface area contributed by atoms with Crippen LogP contribution in [0.4, 0.5) is 0 Å². The van der Waals surface area contributed by atoms with Crippen molar-refractivity contribution in [2.24, 2.45) is 0 Å². The minimum atomic E-state index is -1.87. The van der Waals surface area contributed by atoms with Gasteiger partial charge in [0.05, 0.1) is 0 Å². The van der Waals surface area contributed by atoms with E-state index in [2.05, 4.69) is 14.0 Å². The van der Waals surface area contributed by atoms with Gasteiger partial charge in [-0.2, -0.15) is 0 Å². The second-order valence-electron chi connectivity index (χ2n) is 3.43. The monoisotopic (exact) mass is 281 g/mol. The Kier molecular flexibility index (Phi) is 11.5. The minimum absolute atomic E-state index is 0.0149. The van der Waals surface area contributed by atoms with Crippen LogP contribution in [0.2, 0.25) is 0 Å². The molecule has 0 aliphatic heterocycles. The summed E-state index contributed by atoms with van der Waals surface area (Å²) in [6, 6.07) is 0. The molecule has 0 aliphatic rings. The van der Waals surface area contributed by atoms with Crippen molar-refractivity contribution in [2.45, 2.75) is 0 Å². The van der Waals surface area contributed by atoms with Gasteiger partial charge >= 0.3 is 22.0 Å². The predicted molar refractivity (Wildman–Crippen MR) is 64.9 cm³/mol. The maximum atomic E-state index is 8.50. The Bertz CT molecular complexity index is 177. The molecule has 0 saturated heterocycles. The van der Waals surface area contributed by atoms with Crippen molar-refractivity contribution >= 4 is 22.0 Å². The molecule has 0 rings (SSSR count). The molecular weight excluding hydrogens is 262 g/mol. The number of rotatable bonds is 12. The van der Waals surface area contributed by atoms with E-state index in [0.717, 1.165) is 0 Å². The molecule has 0 radical (unpaired) electrons. The van der Waals surface area contributed by atoms with Crippen LogP contribution in [0.3, 0.4) is 0 Å². The average Bonchev–Trinajstić information content (AvgIpc) is 2.26. The van der Waals surface area contributed by atoms with Crippen LogP contribution in [0.25, 0.3) is 0 Å². The van der Waals surface area contributed by atoms with E-state index in [1.807, 2.05) is 0 Å². The van der Waals surface area contributed by atoms with Crippen LogP contribution in [0, 0.1) is 0 Å². The first-order valence-electron chi connectivity index (χ1n) is 5.57. The first-order valence-corrected chi connectivity index (χ1v) is 5.57. The Hall–Kier alpha value is -0.205. The maximum Gasteiger partial charge on any atom is 0.633 e. The van der Waals surface area contributed by atoms with Crippen molar-refractivity contribution < 1.29 is 44.1 Å². The molecule has 0 aromatic rings. The fraction of sp³-hybridized carbons (Fsp3) is 1.00. The van der Waals surface area contributed by atoms with Crippen LogP contribution in [-0.4, -0.2) is 96.5 Å². The van der Waals surface area contributed by atoms with Crippen molar-refractivity contribution in [3.05, 3.63) is 0 Å². The standard InChI is InChI=1S/C6H18B3NO9/c11-7(12)17-4-1-10(2-5-18-8(13)14)3-6-19-9(15)16/h11-16H,1-6H2. The van der Waals surface area contributed by atoms with Crippen LogP contribution in [0.15, 0.2) is 0 Å². The van der Waals surface area contributed by atoms with Crippen LogP contribution in [0.5, 0.6) is 0 Å². The van der Waals surface area contributed by atoms with Gasteiger partial charge in [0.15, 0.2) is 0 Å². The first kappa shape index (κ1) is 18.8. The number of hydrogen-bond donors (Lipinski definition) is 6. The number of hydrogen-bond acceptors (Lipinski definition) is 10. The summed E-state index contributed by atoms with van der Waals surface area (Å²) in [5, 5.41) is 51.0. The Morgan fingerprint density at radius 1 is 0.579 bits per heavy atom. The third-order valence-corrected chi connectivity index (χ3v) is 2.02. The largest absolute Gasteiger partial charge is 0.633 e. The molecule has 0 atom stereocenters. The Labute approximate surface area is 111 Å². The van der Waals surface area contributed by atoms with Crippen LogP contribution in [0.1, 0.15) is 0 Å². The van der Waals surface area contributed by atoms with Gasteiger partial charge in [0, 0.05) is 39.5 Å². The van der Waals surface area contributed by atoms with E-state index in [0.29, 0.717) is 0 Å². The second-order valence-corrected chi connectivity index (χ2v) is 3.43. The molecule has 6 N–H and O–H groups in total. The molecule has 0 amide bonds. The lowest BCUT2D eigenvalue weighted by atomic mass is 10.2. The maximum absolute atomic E-state index is 8.50. The average molecular weight is 281 g/mol. The van der Waals surface area contributed by atoms with Gasteiger partial charge in [-0.1, -0.05) is 0 Å². The predicted octanol–water partition coefficient (Wildman–Crippen LogP) is -4.75. The summed E-state index contributed by atoms with van der Waals surface area (Å²) in [6.07, 6.45) is 0.